The van der Waals surface area contributed by atoms with E-state index in [4.69, 9.17) is 4.74 Å². The maximum Gasteiger partial charge on any atom is 0.271 e. The Kier molecular flexibility index (Phi) is 5.39. The first-order valence-electron chi connectivity index (χ1n) is 7.59. The zero-order valence-electron chi connectivity index (χ0n) is 13.9. The largest absolute Gasteiger partial charge is 0.497 e. The van der Waals surface area contributed by atoms with Gasteiger partial charge in [0.2, 0.25) is 0 Å². The van der Waals surface area contributed by atoms with Gasteiger partial charge in [-0.3, -0.25) is 4.79 Å². The van der Waals surface area contributed by atoms with E-state index in [1.807, 2.05) is 45.0 Å². The number of hydrogen-bond acceptors (Lipinski definition) is 4. The fourth-order valence-electron chi connectivity index (χ4n) is 2.09. The van der Waals surface area contributed by atoms with Crippen molar-refractivity contribution in [1.82, 2.24) is 15.1 Å². The second-order valence-corrected chi connectivity index (χ2v) is 5.80. The van der Waals surface area contributed by atoms with Crippen LogP contribution in [0.15, 0.2) is 30.3 Å². The van der Waals surface area contributed by atoms with Crippen molar-refractivity contribution < 1.29 is 14.6 Å². The van der Waals surface area contributed by atoms with Crippen molar-refractivity contribution in [3.05, 3.63) is 41.7 Å². The molecule has 0 saturated carbocycles. The molecule has 0 bridgehead atoms. The van der Waals surface area contributed by atoms with E-state index in [-0.39, 0.29) is 18.4 Å². The van der Waals surface area contributed by atoms with Gasteiger partial charge in [-0.05, 0) is 43.2 Å². The molecule has 2 rings (SSSR count). The number of aliphatic hydroxyl groups excluding tert-OH is 1. The van der Waals surface area contributed by atoms with Crippen molar-refractivity contribution >= 4 is 5.91 Å². The number of nitrogens with zero attached hydrogens (tertiary/aromatic N) is 2. The maximum atomic E-state index is 12.2. The molecule has 2 N–H and O–H groups in total. The van der Waals surface area contributed by atoms with Gasteiger partial charge < -0.3 is 15.2 Å². The van der Waals surface area contributed by atoms with Crippen molar-refractivity contribution in [3.63, 3.8) is 0 Å². The fraction of sp³-hybridized carbons (Fsp3) is 0.412. The molecule has 0 spiro atoms. The van der Waals surface area contributed by atoms with E-state index in [9.17, 15) is 9.90 Å². The molecule has 1 amide bonds. The summed E-state index contributed by atoms with van der Waals surface area (Å²) in [6.45, 7) is 5.90. The fourth-order valence-corrected chi connectivity index (χ4v) is 2.09. The smallest absolute Gasteiger partial charge is 0.271 e. The van der Waals surface area contributed by atoms with Gasteiger partial charge in [0.15, 0.2) is 5.69 Å². The third-order valence-electron chi connectivity index (χ3n) is 3.68. The summed E-state index contributed by atoms with van der Waals surface area (Å²) in [5, 5.41) is 16.8. The number of carbonyl (C=O) groups is 1. The lowest BCUT2D eigenvalue weighted by Crippen LogP contribution is -2.34. The minimum atomic E-state index is -0.566. The molecule has 0 aliphatic carbocycles. The summed E-state index contributed by atoms with van der Waals surface area (Å²) in [5.74, 6) is 0.563. The first-order valence-corrected chi connectivity index (χ1v) is 7.59. The highest BCUT2D eigenvalue weighted by Crippen LogP contribution is 2.16. The van der Waals surface area contributed by atoms with Gasteiger partial charge in [0.05, 0.1) is 18.9 Å². The van der Waals surface area contributed by atoms with Crippen LogP contribution in [0.5, 0.6) is 5.75 Å². The molecule has 6 nitrogen and oxygen atoms in total. The molecule has 0 radical (unpaired) electrons. The highest BCUT2D eigenvalue weighted by molar-refractivity contribution is 5.92. The quantitative estimate of drug-likeness (QED) is 0.853. The zero-order valence-corrected chi connectivity index (χ0v) is 13.9. The average molecular weight is 317 g/mol. The Morgan fingerprint density at radius 3 is 2.57 bits per heavy atom. The molecule has 124 valence electrons. The maximum absolute atomic E-state index is 12.2. The Bertz CT molecular complexity index is 662. The molecule has 0 fully saturated rings. The minimum absolute atomic E-state index is 0.0916. The lowest BCUT2D eigenvalue weighted by Gasteiger charge is -2.14. The van der Waals surface area contributed by atoms with E-state index in [1.165, 1.54) is 0 Å². The number of hydrogen-bond donors (Lipinski definition) is 2. The highest BCUT2D eigenvalue weighted by atomic mass is 16.5. The van der Waals surface area contributed by atoms with Gasteiger partial charge in [0, 0.05) is 12.2 Å². The van der Waals surface area contributed by atoms with Crippen molar-refractivity contribution in [1.29, 1.82) is 0 Å². The zero-order chi connectivity index (χ0) is 17.0. The number of aromatic nitrogens is 2. The van der Waals surface area contributed by atoms with Gasteiger partial charge in [0.25, 0.3) is 5.91 Å². The molecule has 1 unspecified atom stereocenters. The summed E-state index contributed by atoms with van der Waals surface area (Å²) in [7, 11) is 1.61. The van der Waals surface area contributed by atoms with Crippen molar-refractivity contribution in [2.24, 2.45) is 5.92 Å². The van der Waals surface area contributed by atoms with Gasteiger partial charge in [-0.25, -0.2) is 4.68 Å². The number of carbonyl (C=O) groups excluding carboxylic acids is 1. The van der Waals surface area contributed by atoms with E-state index in [2.05, 4.69) is 10.4 Å². The van der Waals surface area contributed by atoms with Crippen LogP contribution in [0, 0.1) is 12.8 Å². The van der Waals surface area contributed by atoms with E-state index in [0.29, 0.717) is 5.69 Å². The normalized spacial score (nSPS) is 12.3. The number of ether oxygens (including phenoxy) is 1. The molecular weight excluding hydrogens is 294 g/mol. The lowest BCUT2D eigenvalue weighted by molar-refractivity contribution is 0.0866. The van der Waals surface area contributed by atoms with Gasteiger partial charge in [-0.2, -0.15) is 5.10 Å². The standard InChI is InChI=1S/C17H23N3O3/c1-11(2)16(21)10-18-17(22)15-9-12(3)20(19-15)13-5-7-14(23-4)8-6-13/h5-9,11,16,21H,10H2,1-4H3,(H,18,22). The minimum Gasteiger partial charge on any atom is -0.497 e. The molecule has 0 aliphatic heterocycles. The molecule has 2 aromatic rings. The van der Waals surface area contributed by atoms with Gasteiger partial charge >= 0.3 is 0 Å². The second kappa shape index (κ2) is 7.28. The van der Waals surface area contributed by atoms with Crippen LogP contribution >= 0.6 is 0 Å². The summed E-state index contributed by atoms with van der Waals surface area (Å²) in [6, 6.07) is 9.16. The van der Waals surface area contributed by atoms with Crippen molar-refractivity contribution in [2.75, 3.05) is 13.7 Å². The van der Waals surface area contributed by atoms with Crippen LogP contribution in [-0.2, 0) is 0 Å². The van der Waals surface area contributed by atoms with Crippen LogP contribution in [0.25, 0.3) is 5.69 Å². The molecule has 1 atom stereocenters. The molecule has 6 heteroatoms. The SMILES string of the molecule is COc1ccc(-n2nc(C(=O)NCC(O)C(C)C)cc2C)cc1. The molecule has 0 saturated heterocycles. The van der Waals surface area contributed by atoms with Crippen LogP contribution in [0.3, 0.4) is 0 Å². The van der Waals surface area contributed by atoms with Gasteiger partial charge in [-0.15, -0.1) is 0 Å². The first kappa shape index (κ1) is 17.0. The van der Waals surface area contributed by atoms with Crippen LogP contribution in [-0.4, -0.2) is 40.6 Å². The van der Waals surface area contributed by atoms with Crippen LogP contribution in [0.4, 0.5) is 0 Å². The van der Waals surface area contributed by atoms with Crippen molar-refractivity contribution in [3.8, 4) is 11.4 Å². The summed E-state index contributed by atoms with van der Waals surface area (Å²) in [6.07, 6.45) is -0.566. The Morgan fingerprint density at radius 2 is 2.00 bits per heavy atom. The first-order chi connectivity index (χ1) is 10.9. The number of amides is 1. The molecule has 1 aromatic carbocycles. The van der Waals surface area contributed by atoms with E-state index >= 15 is 0 Å². The summed E-state index contributed by atoms with van der Waals surface area (Å²) in [4.78, 5) is 12.2. The molecule has 0 aliphatic rings. The Balaban J connectivity index is 2.12. The molecule has 1 aromatic heterocycles. The Hall–Kier alpha value is -2.34. The second-order valence-electron chi connectivity index (χ2n) is 5.80. The van der Waals surface area contributed by atoms with E-state index < -0.39 is 6.10 Å². The van der Waals surface area contributed by atoms with Gasteiger partial charge in [0.1, 0.15) is 5.75 Å². The number of benzene rings is 1. The summed E-state index contributed by atoms with van der Waals surface area (Å²) >= 11 is 0. The number of aliphatic hydroxyl groups is 1. The van der Waals surface area contributed by atoms with Gasteiger partial charge in [-0.1, -0.05) is 13.8 Å². The average Bonchev–Trinajstić information content (AvgIpc) is 2.94. The van der Waals surface area contributed by atoms with Crippen LogP contribution in [0.2, 0.25) is 0 Å². The van der Waals surface area contributed by atoms with Crippen LogP contribution in [0.1, 0.15) is 30.0 Å². The third kappa shape index (κ3) is 4.10. The molecule has 1 heterocycles. The molecule has 23 heavy (non-hydrogen) atoms. The lowest BCUT2D eigenvalue weighted by atomic mass is 10.1. The summed E-state index contributed by atoms with van der Waals surface area (Å²) in [5.41, 5.74) is 2.03. The van der Waals surface area contributed by atoms with E-state index in [1.54, 1.807) is 17.9 Å². The third-order valence-corrected chi connectivity index (χ3v) is 3.68. The van der Waals surface area contributed by atoms with E-state index in [0.717, 1.165) is 17.1 Å². The van der Waals surface area contributed by atoms with Crippen LogP contribution < -0.4 is 10.1 Å². The topological polar surface area (TPSA) is 76.4 Å². The number of nitrogens with one attached hydrogen (secondary N) is 1. The Morgan fingerprint density at radius 1 is 1.35 bits per heavy atom. The Labute approximate surface area is 136 Å². The number of aryl methyl sites for hydroxylation is 1. The summed E-state index contributed by atoms with van der Waals surface area (Å²) < 4.78 is 6.84. The highest BCUT2D eigenvalue weighted by Gasteiger charge is 2.15. The monoisotopic (exact) mass is 317 g/mol. The molecular formula is C17H23N3O3. The predicted octanol–water partition coefficient (Wildman–Crippen LogP) is 1.94. The predicted molar refractivity (Wildman–Crippen MR) is 88.0 cm³/mol. The number of methoxy groups -OCH3 is 1. The number of rotatable bonds is 6. The van der Waals surface area contributed by atoms with Crippen molar-refractivity contribution in [2.45, 2.75) is 26.9 Å².